The zero-order chi connectivity index (χ0) is 12.3. The number of nitrogens with one attached hydrogen (secondary N) is 1. The van der Waals surface area contributed by atoms with E-state index in [4.69, 9.17) is 0 Å². The van der Waals surface area contributed by atoms with Gasteiger partial charge in [-0.25, -0.2) is 4.98 Å². The number of pyridine rings is 1. The van der Waals surface area contributed by atoms with Crippen molar-refractivity contribution in [1.29, 1.82) is 0 Å². The fourth-order valence-corrected chi connectivity index (χ4v) is 1.66. The Bertz CT molecular complexity index is 537. The van der Waals surface area contributed by atoms with Gasteiger partial charge in [0.15, 0.2) is 0 Å². The molecule has 0 bridgehead atoms. The monoisotopic (exact) mass is 290 g/mol. The lowest BCUT2D eigenvalue weighted by Gasteiger charge is -2.05. The van der Waals surface area contributed by atoms with Gasteiger partial charge in [-0.15, -0.1) is 0 Å². The summed E-state index contributed by atoms with van der Waals surface area (Å²) >= 11 is 3.34. The Balaban J connectivity index is 2.14. The third kappa shape index (κ3) is 3.14. The van der Waals surface area contributed by atoms with Gasteiger partial charge in [-0.1, -0.05) is 22.0 Å². The van der Waals surface area contributed by atoms with Crippen LogP contribution >= 0.6 is 15.9 Å². The van der Waals surface area contributed by atoms with Crippen molar-refractivity contribution in [2.75, 3.05) is 5.32 Å². The first-order valence-electron chi connectivity index (χ1n) is 5.16. The molecule has 1 amide bonds. The van der Waals surface area contributed by atoms with Gasteiger partial charge in [-0.2, -0.15) is 0 Å². The van der Waals surface area contributed by atoms with E-state index in [1.165, 1.54) is 0 Å². The summed E-state index contributed by atoms with van der Waals surface area (Å²) in [6.45, 7) is 1.86. The summed E-state index contributed by atoms with van der Waals surface area (Å²) < 4.78 is 0.976. The van der Waals surface area contributed by atoms with Gasteiger partial charge in [-0.3, -0.25) is 4.79 Å². The normalized spacial score (nSPS) is 10.0. The average Bonchev–Trinajstić information content (AvgIpc) is 2.32. The molecule has 1 N–H and O–H groups in total. The molecule has 0 atom stereocenters. The Kier molecular flexibility index (Phi) is 3.54. The van der Waals surface area contributed by atoms with Crippen LogP contribution in [0.15, 0.2) is 46.9 Å². The first-order chi connectivity index (χ1) is 8.15. The van der Waals surface area contributed by atoms with Crippen molar-refractivity contribution in [3.05, 3.63) is 58.3 Å². The van der Waals surface area contributed by atoms with Gasteiger partial charge in [-0.05, 0) is 43.3 Å². The van der Waals surface area contributed by atoms with E-state index >= 15 is 0 Å². The smallest absolute Gasteiger partial charge is 0.274 e. The maximum absolute atomic E-state index is 11.9. The van der Waals surface area contributed by atoms with Gasteiger partial charge in [0, 0.05) is 15.9 Å². The van der Waals surface area contributed by atoms with Crippen LogP contribution in [0.3, 0.4) is 0 Å². The Labute approximate surface area is 108 Å². The lowest BCUT2D eigenvalue weighted by molar-refractivity contribution is 0.102. The number of nitrogens with zero attached hydrogens (tertiary/aromatic N) is 1. The van der Waals surface area contributed by atoms with E-state index in [1.807, 2.05) is 43.3 Å². The largest absolute Gasteiger partial charge is 0.321 e. The number of hydrogen-bond acceptors (Lipinski definition) is 2. The maximum atomic E-state index is 11.9. The number of benzene rings is 1. The second-order valence-electron chi connectivity index (χ2n) is 3.63. The molecule has 0 aliphatic rings. The molecule has 0 radical (unpaired) electrons. The SMILES string of the molecule is Cc1cccc(C(=O)Nc2ccc(Br)cc2)n1. The van der Waals surface area contributed by atoms with Crippen LogP contribution in [0, 0.1) is 6.92 Å². The topological polar surface area (TPSA) is 42.0 Å². The molecule has 0 aliphatic heterocycles. The molecule has 1 aromatic carbocycles. The van der Waals surface area contributed by atoms with E-state index in [9.17, 15) is 4.79 Å². The lowest BCUT2D eigenvalue weighted by Crippen LogP contribution is -2.13. The number of anilines is 1. The summed E-state index contributed by atoms with van der Waals surface area (Å²) in [4.78, 5) is 16.0. The first-order valence-corrected chi connectivity index (χ1v) is 5.95. The van der Waals surface area contributed by atoms with Gasteiger partial charge >= 0.3 is 0 Å². The predicted molar refractivity (Wildman–Crippen MR) is 71.1 cm³/mol. The first kappa shape index (κ1) is 11.8. The minimum absolute atomic E-state index is 0.198. The molecule has 0 saturated carbocycles. The molecule has 0 aliphatic carbocycles. The Morgan fingerprint density at radius 1 is 1.18 bits per heavy atom. The van der Waals surface area contributed by atoms with E-state index in [1.54, 1.807) is 6.07 Å². The van der Waals surface area contributed by atoms with Crippen LogP contribution in [0.1, 0.15) is 16.2 Å². The van der Waals surface area contributed by atoms with Gasteiger partial charge in [0.25, 0.3) is 5.91 Å². The molecule has 0 spiro atoms. The molecule has 1 heterocycles. The zero-order valence-corrected chi connectivity index (χ0v) is 10.9. The molecular weight excluding hydrogens is 280 g/mol. The quantitative estimate of drug-likeness (QED) is 0.921. The minimum Gasteiger partial charge on any atom is -0.321 e. The number of rotatable bonds is 2. The summed E-state index contributed by atoms with van der Waals surface area (Å²) in [5.74, 6) is -0.198. The van der Waals surface area contributed by atoms with Crippen molar-refractivity contribution in [2.45, 2.75) is 6.92 Å². The molecule has 2 aromatic rings. The molecule has 3 nitrogen and oxygen atoms in total. The zero-order valence-electron chi connectivity index (χ0n) is 9.27. The maximum Gasteiger partial charge on any atom is 0.274 e. The van der Waals surface area contributed by atoms with E-state index in [-0.39, 0.29) is 5.91 Å². The molecule has 4 heteroatoms. The molecular formula is C13H11BrN2O. The van der Waals surface area contributed by atoms with Crippen LogP contribution in [-0.2, 0) is 0 Å². The number of aryl methyl sites for hydroxylation is 1. The molecule has 2 rings (SSSR count). The highest BCUT2D eigenvalue weighted by Gasteiger charge is 2.07. The summed E-state index contributed by atoms with van der Waals surface area (Å²) in [6, 6.07) is 12.8. The van der Waals surface area contributed by atoms with E-state index in [2.05, 4.69) is 26.2 Å². The van der Waals surface area contributed by atoms with Crippen molar-refractivity contribution < 1.29 is 4.79 Å². The Hall–Kier alpha value is -1.68. The van der Waals surface area contributed by atoms with Crippen molar-refractivity contribution in [2.24, 2.45) is 0 Å². The summed E-state index contributed by atoms with van der Waals surface area (Å²) in [5.41, 5.74) is 2.00. The molecule has 0 fully saturated rings. The van der Waals surface area contributed by atoms with E-state index < -0.39 is 0 Å². The summed E-state index contributed by atoms with van der Waals surface area (Å²) in [7, 11) is 0. The fourth-order valence-electron chi connectivity index (χ4n) is 1.40. The van der Waals surface area contributed by atoms with Gasteiger partial charge in [0.05, 0.1) is 0 Å². The van der Waals surface area contributed by atoms with E-state index in [0.29, 0.717) is 5.69 Å². The van der Waals surface area contributed by atoms with Gasteiger partial charge < -0.3 is 5.32 Å². The molecule has 0 unspecified atom stereocenters. The number of halogens is 1. The second-order valence-corrected chi connectivity index (χ2v) is 4.54. The molecule has 1 aromatic heterocycles. The third-order valence-electron chi connectivity index (χ3n) is 2.22. The standard InChI is InChI=1S/C13H11BrN2O/c1-9-3-2-4-12(15-9)13(17)16-11-7-5-10(14)6-8-11/h2-8H,1H3,(H,16,17). The highest BCUT2D eigenvalue weighted by Crippen LogP contribution is 2.14. The predicted octanol–water partition coefficient (Wildman–Crippen LogP) is 3.40. The number of amides is 1. The second kappa shape index (κ2) is 5.10. The van der Waals surface area contributed by atoms with Crippen LogP contribution < -0.4 is 5.32 Å². The number of hydrogen-bond donors (Lipinski definition) is 1. The van der Waals surface area contributed by atoms with Crippen molar-refractivity contribution >= 4 is 27.5 Å². The molecule has 86 valence electrons. The van der Waals surface area contributed by atoms with Crippen molar-refractivity contribution in [3.63, 3.8) is 0 Å². The Morgan fingerprint density at radius 2 is 1.88 bits per heavy atom. The lowest BCUT2D eigenvalue weighted by atomic mass is 10.2. The third-order valence-corrected chi connectivity index (χ3v) is 2.75. The molecule has 0 saturated heterocycles. The van der Waals surface area contributed by atoms with Crippen LogP contribution in [-0.4, -0.2) is 10.9 Å². The van der Waals surface area contributed by atoms with Crippen LogP contribution in [0.2, 0.25) is 0 Å². The van der Waals surface area contributed by atoms with Gasteiger partial charge in [0.1, 0.15) is 5.69 Å². The van der Waals surface area contributed by atoms with Crippen LogP contribution in [0.5, 0.6) is 0 Å². The van der Waals surface area contributed by atoms with E-state index in [0.717, 1.165) is 15.9 Å². The summed E-state index contributed by atoms with van der Waals surface area (Å²) in [5, 5.41) is 2.79. The number of aromatic nitrogens is 1. The van der Waals surface area contributed by atoms with Gasteiger partial charge in [0.2, 0.25) is 0 Å². The minimum atomic E-state index is -0.198. The summed E-state index contributed by atoms with van der Waals surface area (Å²) in [6.07, 6.45) is 0. The fraction of sp³-hybridized carbons (Fsp3) is 0.0769. The Morgan fingerprint density at radius 3 is 2.53 bits per heavy atom. The molecule has 17 heavy (non-hydrogen) atoms. The van der Waals surface area contributed by atoms with Crippen LogP contribution in [0.25, 0.3) is 0 Å². The highest BCUT2D eigenvalue weighted by molar-refractivity contribution is 9.10. The highest BCUT2D eigenvalue weighted by atomic mass is 79.9. The average molecular weight is 291 g/mol. The van der Waals surface area contributed by atoms with Crippen molar-refractivity contribution in [3.8, 4) is 0 Å². The van der Waals surface area contributed by atoms with Crippen LogP contribution in [0.4, 0.5) is 5.69 Å². The van der Waals surface area contributed by atoms with Crippen molar-refractivity contribution in [1.82, 2.24) is 4.98 Å². The number of carbonyl (C=O) groups excluding carboxylic acids is 1. The number of carbonyl (C=O) groups is 1.